The smallest absolute Gasteiger partial charge is 0.340 e. The Labute approximate surface area is 188 Å². The summed E-state index contributed by atoms with van der Waals surface area (Å²) in [5, 5.41) is 2.99. The molecule has 1 heterocycles. The zero-order valence-corrected chi connectivity index (χ0v) is 19.2. The van der Waals surface area contributed by atoms with E-state index in [2.05, 4.69) is 40.2 Å². The van der Waals surface area contributed by atoms with Crippen molar-refractivity contribution in [3.63, 3.8) is 0 Å². The van der Waals surface area contributed by atoms with Gasteiger partial charge in [0.1, 0.15) is 5.75 Å². The predicted molar refractivity (Wildman–Crippen MR) is 125 cm³/mol. The molecular weight excluding hydrogens is 458 g/mol. The molecule has 5 nitrogen and oxygen atoms in total. The molecule has 1 aromatic heterocycles. The number of nitrogens with zero attached hydrogens (tertiary/aromatic N) is 1. The maximum atomic E-state index is 13.0. The van der Waals surface area contributed by atoms with Crippen LogP contribution in [0.25, 0.3) is 21.7 Å². The van der Waals surface area contributed by atoms with Gasteiger partial charge in [0, 0.05) is 31.5 Å². The minimum atomic E-state index is -0.426. The fourth-order valence-corrected chi connectivity index (χ4v) is 4.40. The zero-order chi connectivity index (χ0) is 22.1. The fourth-order valence-electron chi connectivity index (χ4n) is 3.99. The molecule has 31 heavy (non-hydrogen) atoms. The lowest BCUT2D eigenvalue weighted by molar-refractivity contribution is -0.131. The van der Waals surface area contributed by atoms with Gasteiger partial charge < -0.3 is 14.0 Å². The topological polar surface area (TPSA) is 57.5 Å². The normalized spacial score (nSPS) is 11.1. The van der Waals surface area contributed by atoms with Crippen molar-refractivity contribution in [2.75, 3.05) is 6.61 Å². The van der Waals surface area contributed by atoms with Gasteiger partial charge in [-0.05, 0) is 51.3 Å². The molecule has 0 aliphatic rings. The van der Waals surface area contributed by atoms with Gasteiger partial charge in [-0.1, -0.05) is 42.5 Å². The summed E-state index contributed by atoms with van der Waals surface area (Å²) in [5.41, 5.74) is 3.31. The van der Waals surface area contributed by atoms with Crippen molar-refractivity contribution in [3.05, 3.63) is 75.9 Å². The van der Waals surface area contributed by atoms with Gasteiger partial charge in [-0.2, -0.15) is 0 Å². The number of benzene rings is 3. The average molecular weight is 480 g/mol. The van der Waals surface area contributed by atoms with E-state index in [4.69, 9.17) is 9.47 Å². The number of carbonyl (C=O) groups is 2. The van der Waals surface area contributed by atoms with E-state index >= 15 is 0 Å². The third-order valence-electron chi connectivity index (χ3n) is 5.35. The van der Waals surface area contributed by atoms with E-state index in [0.717, 1.165) is 27.5 Å². The van der Waals surface area contributed by atoms with Crippen molar-refractivity contribution < 1.29 is 19.1 Å². The van der Waals surface area contributed by atoms with Crippen LogP contribution < -0.4 is 4.74 Å². The summed E-state index contributed by atoms with van der Waals surface area (Å²) in [6.07, 6.45) is 0.557. The Hall–Kier alpha value is -3.12. The first-order valence-electron chi connectivity index (χ1n) is 10.0. The van der Waals surface area contributed by atoms with Crippen LogP contribution in [-0.2, 0) is 23.0 Å². The molecule has 0 amide bonds. The molecule has 0 aliphatic carbocycles. The summed E-state index contributed by atoms with van der Waals surface area (Å²) in [4.78, 5) is 24.5. The lowest BCUT2D eigenvalue weighted by Crippen LogP contribution is -2.09. The van der Waals surface area contributed by atoms with Crippen LogP contribution in [0.15, 0.2) is 59.1 Å². The molecular formula is C25H22BrNO4. The summed E-state index contributed by atoms with van der Waals surface area (Å²) in [7, 11) is 1.93. The number of esters is 2. The first-order chi connectivity index (χ1) is 14.9. The molecule has 0 saturated carbocycles. The maximum absolute atomic E-state index is 13.0. The Bertz CT molecular complexity index is 1320. The largest absolute Gasteiger partial charge is 0.462 e. The molecule has 0 aliphatic heterocycles. The number of hydrogen-bond donors (Lipinski definition) is 0. The predicted octanol–water partition coefficient (Wildman–Crippen LogP) is 5.79. The number of halogens is 1. The van der Waals surface area contributed by atoms with Crippen molar-refractivity contribution in [3.8, 4) is 5.75 Å². The van der Waals surface area contributed by atoms with Crippen molar-refractivity contribution in [1.29, 1.82) is 0 Å². The number of aryl methyl sites for hydroxylation is 1. The van der Waals surface area contributed by atoms with Crippen LogP contribution in [0.2, 0.25) is 0 Å². The van der Waals surface area contributed by atoms with E-state index in [0.29, 0.717) is 27.6 Å². The minimum Gasteiger partial charge on any atom is -0.462 e. The number of hydrogen-bond acceptors (Lipinski definition) is 4. The van der Waals surface area contributed by atoms with E-state index in [1.54, 1.807) is 13.0 Å². The summed E-state index contributed by atoms with van der Waals surface area (Å²) in [5.74, 6) is -0.447. The highest BCUT2D eigenvalue weighted by Crippen LogP contribution is 2.36. The summed E-state index contributed by atoms with van der Waals surface area (Å²) < 4.78 is 13.4. The SMILES string of the molecule is CCOC(=O)c1c(Cc2cccc3ccccc23)n(C)c2cc(Br)c(OC(C)=O)cc12. The molecule has 0 spiro atoms. The molecule has 0 saturated heterocycles. The summed E-state index contributed by atoms with van der Waals surface area (Å²) >= 11 is 3.47. The Morgan fingerprint density at radius 1 is 1.03 bits per heavy atom. The highest BCUT2D eigenvalue weighted by Gasteiger charge is 2.24. The first-order valence-corrected chi connectivity index (χ1v) is 10.8. The second kappa shape index (κ2) is 8.55. The van der Waals surface area contributed by atoms with E-state index in [1.807, 2.05) is 35.9 Å². The van der Waals surface area contributed by atoms with Crippen LogP contribution in [0.5, 0.6) is 5.75 Å². The van der Waals surface area contributed by atoms with Crippen LogP contribution in [0, 0.1) is 0 Å². The summed E-state index contributed by atoms with van der Waals surface area (Å²) in [6, 6.07) is 18.0. The second-order valence-corrected chi connectivity index (χ2v) is 8.16. The van der Waals surface area contributed by atoms with Gasteiger partial charge in [0.25, 0.3) is 0 Å². The first kappa shape index (κ1) is 21.1. The van der Waals surface area contributed by atoms with Crippen LogP contribution in [0.1, 0.15) is 35.5 Å². The molecule has 4 aromatic rings. The average Bonchev–Trinajstić information content (AvgIpc) is 2.99. The van der Waals surface area contributed by atoms with E-state index in [9.17, 15) is 9.59 Å². The molecule has 3 aromatic carbocycles. The van der Waals surface area contributed by atoms with Gasteiger partial charge in [-0.15, -0.1) is 0 Å². The molecule has 6 heteroatoms. The molecule has 0 unspecified atom stereocenters. The molecule has 0 N–H and O–H groups in total. The Morgan fingerprint density at radius 3 is 2.52 bits per heavy atom. The monoisotopic (exact) mass is 479 g/mol. The van der Waals surface area contributed by atoms with Gasteiger partial charge in [0.15, 0.2) is 0 Å². The van der Waals surface area contributed by atoms with Gasteiger partial charge in [0.05, 0.1) is 22.2 Å². The number of rotatable bonds is 5. The minimum absolute atomic E-state index is 0.274. The van der Waals surface area contributed by atoms with Gasteiger partial charge in [-0.3, -0.25) is 4.79 Å². The third kappa shape index (κ3) is 3.95. The maximum Gasteiger partial charge on any atom is 0.340 e. The van der Waals surface area contributed by atoms with Crippen LogP contribution >= 0.6 is 15.9 Å². The molecule has 0 bridgehead atoms. The van der Waals surface area contributed by atoms with Crippen molar-refractivity contribution in [2.45, 2.75) is 20.3 Å². The summed E-state index contributed by atoms with van der Waals surface area (Å²) in [6.45, 7) is 3.41. The quantitative estimate of drug-likeness (QED) is 0.268. The highest BCUT2D eigenvalue weighted by atomic mass is 79.9. The number of carbonyl (C=O) groups excluding carboxylic acids is 2. The molecule has 0 fully saturated rings. The number of ether oxygens (including phenoxy) is 2. The Morgan fingerprint density at radius 2 is 1.77 bits per heavy atom. The van der Waals surface area contributed by atoms with Crippen molar-refractivity contribution in [1.82, 2.24) is 4.57 Å². The molecule has 0 radical (unpaired) electrons. The Balaban J connectivity index is 1.94. The molecule has 0 atom stereocenters. The standard InChI is InChI=1S/C25H22BrNO4/c1-4-30-25(29)24-19-13-23(31-15(2)28)20(26)14-21(19)27(3)22(24)12-17-10-7-9-16-8-5-6-11-18(16)17/h5-11,13-14H,4,12H2,1-3H3. The van der Waals surface area contributed by atoms with Gasteiger partial charge in [0.2, 0.25) is 0 Å². The van der Waals surface area contributed by atoms with Gasteiger partial charge in [-0.25, -0.2) is 4.79 Å². The van der Waals surface area contributed by atoms with Crippen molar-refractivity contribution >= 4 is 49.5 Å². The van der Waals surface area contributed by atoms with E-state index in [-0.39, 0.29) is 12.6 Å². The fraction of sp³-hybridized carbons (Fsp3) is 0.200. The van der Waals surface area contributed by atoms with E-state index in [1.165, 1.54) is 6.92 Å². The number of aromatic nitrogens is 1. The lowest BCUT2D eigenvalue weighted by atomic mass is 9.99. The molecule has 4 rings (SSSR count). The third-order valence-corrected chi connectivity index (χ3v) is 5.97. The second-order valence-electron chi connectivity index (χ2n) is 7.31. The molecule has 158 valence electrons. The number of fused-ring (bicyclic) bond motifs is 2. The van der Waals surface area contributed by atoms with Crippen LogP contribution in [0.3, 0.4) is 0 Å². The van der Waals surface area contributed by atoms with Crippen LogP contribution in [-0.4, -0.2) is 23.1 Å². The lowest BCUT2D eigenvalue weighted by Gasteiger charge is -2.10. The van der Waals surface area contributed by atoms with Gasteiger partial charge >= 0.3 is 11.9 Å². The van der Waals surface area contributed by atoms with E-state index < -0.39 is 5.97 Å². The van der Waals surface area contributed by atoms with Crippen LogP contribution in [0.4, 0.5) is 0 Å². The van der Waals surface area contributed by atoms with Crippen molar-refractivity contribution in [2.24, 2.45) is 7.05 Å². The highest BCUT2D eigenvalue weighted by molar-refractivity contribution is 9.10. The zero-order valence-electron chi connectivity index (χ0n) is 17.6. The Kier molecular flexibility index (Phi) is 5.83.